The van der Waals surface area contributed by atoms with Crippen LogP contribution < -0.4 is 11.2 Å². The van der Waals surface area contributed by atoms with Crippen LogP contribution in [0.25, 0.3) is 11.0 Å². The minimum atomic E-state index is -0.802. The van der Waals surface area contributed by atoms with Crippen molar-refractivity contribution < 1.29 is 23.6 Å². The molecule has 0 radical (unpaired) electrons. The van der Waals surface area contributed by atoms with Crippen LogP contribution in [-0.2, 0) is 23.6 Å². The van der Waals surface area contributed by atoms with Crippen LogP contribution in [0.3, 0.4) is 0 Å². The zero-order valence-corrected chi connectivity index (χ0v) is 20.9. The summed E-state index contributed by atoms with van der Waals surface area (Å²) in [5, 5.41) is 0. The Hall–Kier alpha value is -1.98. The molecule has 0 bridgehead atoms. The summed E-state index contributed by atoms with van der Waals surface area (Å²) >= 11 is 0. The maximum atomic E-state index is 13.3. The van der Waals surface area contributed by atoms with Gasteiger partial charge in [0.2, 0.25) is 5.91 Å². The number of fused-ring (bicyclic) bond motifs is 1. The van der Waals surface area contributed by atoms with Crippen LogP contribution >= 0.6 is 0 Å². The van der Waals surface area contributed by atoms with Gasteiger partial charge in [-0.3, -0.25) is 4.79 Å². The Morgan fingerprint density at radius 1 is 1.18 bits per heavy atom. The molecule has 1 unspecified atom stereocenters. The van der Waals surface area contributed by atoms with Crippen molar-refractivity contribution in [1.82, 2.24) is 14.9 Å². The van der Waals surface area contributed by atoms with E-state index in [-0.39, 0.29) is 17.9 Å². The lowest BCUT2D eigenvalue weighted by atomic mass is 9.79. The minimum Gasteiger partial charge on any atom is -0.399 e. The van der Waals surface area contributed by atoms with Gasteiger partial charge in [0, 0.05) is 6.42 Å². The zero-order valence-electron chi connectivity index (χ0n) is 20.9. The van der Waals surface area contributed by atoms with Gasteiger partial charge >= 0.3 is 7.12 Å². The molecule has 1 aromatic heterocycles. The van der Waals surface area contributed by atoms with Gasteiger partial charge in [0.05, 0.1) is 54.1 Å². The van der Waals surface area contributed by atoms with E-state index < -0.39 is 30.1 Å². The van der Waals surface area contributed by atoms with E-state index >= 15 is 0 Å². The third kappa shape index (κ3) is 3.85. The Bertz CT molecular complexity index is 1080. The SMILES string of the molecule is CC(C)[C@H](N)C(=O)N1CC2(CC1c1nc3cc(B4OC(C)(C)C(C)(C)O4)ccc3[nH]1)OCCO2. The normalized spacial score (nSPS) is 26.3. The molecule has 3 aliphatic rings. The zero-order chi connectivity index (χ0) is 24.5. The first-order chi connectivity index (χ1) is 15.9. The molecule has 1 aromatic carbocycles. The highest BCUT2D eigenvalue weighted by Gasteiger charge is 2.53. The lowest BCUT2D eigenvalue weighted by Crippen LogP contribution is -2.48. The third-order valence-corrected chi connectivity index (χ3v) is 7.76. The van der Waals surface area contributed by atoms with Crippen LogP contribution in [-0.4, -0.2) is 70.7 Å². The molecule has 3 saturated heterocycles. The average Bonchev–Trinajstić information content (AvgIpc) is 3.52. The van der Waals surface area contributed by atoms with Gasteiger partial charge in [0.15, 0.2) is 5.79 Å². The molecule has 10 heteroatoms. The van der Waals surface area contributed by atoms with Gasteiger partial charge in [-0.25, -0.2) is 4.98 Å². The summed E-state index contributed by atoms with van der Waals surface area (Å²) < 4.78 is 24.3. The number of benzene rings is 1. The first-order valence-corrected chi connectivity index (χ1v) is 12.1. The Labute approximate surface area is 200 Å². The van der Waals surface area contributed by atoms with Crippen molar-refractivity contribution in [3.63, 3.8) is 0 Å². The highest BCUT2D eigenvalue weighted by molar-refractivity contribution is 6.62. The number of nitrogens with zero attached hydrogens (tertiary/aromatic N) is 2. The Balaban J connectivity index is 1.46. The lowest BCUT2D eigenvalue weighted by molar-refractivity contribution is -0.153. The molecule has 184 valence electrons. The number of likely N-dealkylation sites (tertiary alicyclic amines) is 1. The van der Waals surface area contributed by atoms with Crippen LogP contribution in [0.4, 0.5) is 0 Å². The molecular formula is C24H35BN4O5. The number of ether oxygens (including phenoxy) is 2. The van der Waals surface area contributed by atoms with Crippen molar-refractivity contribution >= 4 is 29.5 Å². The largest absolute Gasteiger partial charge is 0.494 e. The topological polar surface area (TPSA) is 112 Å². The minimum absolute atomic E-state index is 0.0215. The number of carbonyl (C=O) groups excluding carboxylic acids is 1. The van der Waals surface area contributed by atoms with E-state index in [2.05, 4.69) is 4.98 Å². The number of amides is 1. The van der Waals surface area contributed by atoms with Gasteiger partial charge in [-0.05, 0) is 51.2 Å². The van der Waals surface area contributed by atoms with Gasteiger partial charge in [0.1, 0.15) is 5.82 Å². The fourth-order valence-electron chi connectivity index (χ4n) is 4.82. The predicted molar refractivity (Wildman–Crippen MR) is 128 cm³/mol. The van der Waals surface area contributed by atoms with Crippen molar-refractivity contribution in [3.05, 3.63) is 24.0 Å². The van der Waals surface area contributed by atoms with Gasteiger partial charge in [-0.15, -0.1) is 0 Å². The summed E-state index contributed by atoms with van der Waals surface area (Å²) in [6.45, 7) is 13.4. The van der Waals surface area contributed by atoms with Crippen molar-refractivity contribution in [2.24, 2.45) is 11.7 Å². The van der Waals surface area contributed by atoms with E-state index in [0.29, 0.717) is 32.0 Å². The highest BCUT2D eigenvalue weighted by atomic mass is 16.7. The molecule has 3 fully saturated rings. The number of rotatable bonds is 4. The molecule has 3 aliphatic heterocycles. The van der Waals surface area contributed by atoms with E-state index in [0.717, 1.165) is 16.5 Å². The maximum Gasteiger partial charge on any atom is 0.494 e. The summed E-state index contributed by atoms with van der Waals surface area (Å²) in [6.07, 6.45) is 0.507. The van der Waals surface area contributed by atoms with E-state index in [4.69, 9.17) is 29.5 Å². The molecule has 1 spiro atoms. The van der Waals surface area contributed by atoms with Crippen LogP contribution in [0, 0.1) is 5.92 Å². The molecule has 5 rings (SSSR count). The molecule has 34 heavy (non-hydrogen) atoms. The smallest absolute Gasteiger partial charge is 0.399 e. The number of hydrogen-bond donors (Lipinski definition) is 2. The number of aromatic nitrogens is 2. The number of imidazole rings is 1. The summed E-state index contributed by atoms with van der Waals surface area (Å²) in [5.74, 6) is -0.201. The Kier molecular flexibility index (Phi) is 5.61. The molecule has 0 saturated carbocycles. The predicted octanol–water partition coefficient (Wildman–Crippen LogP) is 1.86. The van der Waals surface area contributed by atoms with Crippen LogP contribution in [0.2, 0.25) is 0 Å². The summed E-state index contributed by atoms with van der Waals surface area (Å²) in [5.41, 5.74) is 7.98. The average molecular weight is 470 g/mol. The first-order valence-electron chi connectivity index (χ1n) is 12.1. The maximum absolute atomic E-state index is 13.3. The third-order valence-electron chi connectivity index (χ3n) is 7.76. The van der Waals surface area contributed by atoms with Gasteiger partial charge < -0.3 is 34.4 Å². The molecule has 0 aliphatic carbocycles. The lowest BCUT2D eigenvalue weighted by Gasteiger charge is -2.32. The quantitative estimate of drug-likeness (QED) is 0.656. The summed E-state index contributed by atoms with van der Waals surface area (Å²) in [7, 11) is -0.466. The van der Waals surface area contributed by atoms with Crippen molar-refractivity contribution in [3.8, 4) is 0 Å². The molecule has 4 heterocycles. The van der Waals surface area contributed by atoms with Crippen molar-refractivity contribution in [1.29, 1.82) is 0 Å². The summed E-state index contributed by atoms with van der Waals surface area (Å²) in [6, 6.07) is 5.03. The molecule has 9 nitrogen and oxygen atoms in total. The number of nitrogens with two attached hydrogens (primary N) is 1. The number of H-pyrrole nitrogens is 1. The second kappa shape index (κ2) is 8.03. The Morgan fingerprint density at radius 3 is 2.44 bits per heavy atom. The van der Waals surface area contributed by atoms with Crippen LogP contribution in [0.15, 0.2) is 18.2 Å². The fraction of sp³-hybridized carbons (Fsp3) is 0.667. The van der Waals surface area contributed by atoms with Gasteiger partial charge in [0.25, 0.3) is 0 Å². The monoisotopic (exact) mass is 470 g/mol. The molecule has 2 aromatic rings. The number of aromatic amines is 1. The van der Waals surface area contributed by atoms with E-state index in [1.807, 2.05) is 59.7 Å². The van der Waals surface area contributed by atoms with E-state index in [1.54, 1.807) is 4.90 Å². The molecular weight excluding hydrogens is 435 g/mol. The number of nitrogens with one attached hydrogen (secondary N) is 1. The van der Waals surface area contributed by atoms with Gasteiger partial charge in [-0.1, -0.05) is 19.9 Å². The second-order valence-electron chi connectivity index (χ2n) is 11.1. The van der Waals surface area contributed by atoms with Crippen molar-refractivity contribution in [2.75, 3.05) is 19.8 Å². The summed E-state index contributed by atoms with van der Waals surface area (Å²) in [4.78, 5) is 23.3. The molecule has 3 N–H and O–H groups in total. The van der Waals surface area contributed by atoms with Crippen LogP contribution in [0.1, 0.15) is 59.8 Å². The molecule has 1 amide bonds. The van der Waals surface area contributed by atoms with Crippen LogP contribution in [0.5, 0.6) is 0 Å². The Morgan fingerprint density at radius 2 is 1.82 bits per heavy atom. The van der Waals surface area contributed by atoms with Gasteiger partial charge in [-0.2, -0.15) is 0 Å². The number of carbonyl (C=O) groups is 1. The fourth-order valence-corrected chi connectivity index (χ4v) is 4.82. The standard InChI is InChI=1S/C24H35BN4O5/c1-14(2)19(26)21(30)29-13-24(31-9-10-32-24)12-18(29)20-27-16-8-7-15(11-17(16)28-20)25-33-22(3,4)23(5,6)34-25/h7-8,11,14,18-19H,9-10,12-13,26H2,1-6H3,(H,27,28)/t18?,19-/m0/s1. The van der Waals surface area contributed by atoms with Crippen molar-refractivity contribution in [2.45, 2.75) is 77.0 Å². The van der Waals surface area contributed by atoms with E-state index in [1.165, 1.54) is 0 Å². The first kappa shape index (κ1) is 23.8. The molecule has 2 atom stereocenters. The second-order valence-corrected chi connectivity index (χ2v) is 11.1. The highest BCUT2D eigenvalue weighted by Crippen LogP contribution is 2.42. The number of hydrogen-bond acceptors (Lipinski definition) is 7. The van der Waals surface area contributed by atoms with E-state index in [9.17, 15) is 4.79 Å².